The minimum absolute atomic E-state index is 0.160. The van der Waals surface area contributed by atoms with Crippen molar-refractivity contribution in [3.05, 3.63) is 30.3 Å². The van der Waals surface area contributed by atoms with Gasteiger partial charge in [-0.25, -0.2) is 5.09 Å². The standard InChI is InChI=1S/C14H22NO4P/c1-11(2)14(16)18-10-12(3)15-20(4,17)19-13-8-6-5-7-9-13/h5-9,11-12H,10H2,1-4H3,(H,15,17)/t12-,20+/m0/s1. The van der Waals surface area contributed by atoms with Gasteiger partial charge in [0.25, 0.3) is 0 Å². The topological polar surface area (TPSA) is 64.6 Å². The van der Waals surface area contributed by atoms with Gasteiger partial charge < -0.3 is 9.26 Å². The molecule has 0 aliphatic heterocycles. The lowest BCUT2D eigenvalue weighted by Crippen LogP contribution is -2.31. The van der Waals surface area contributed by atoms with E-state index < -0.39 is 7.52 Å². The molecule has 0 spiro atoms. The number of esters is 1. The van der Waals surface area contributed by atoms with Gasteiger partial charge in [-0.3, -0.25) is 9.36 Å². The first kappa shape index (κ1) is 16.7. The fraction of sp³-hybridized carbons (Fsp3) is 0.500. The maximum atomic E-state index is 12.3. The highest BCUT2D eigenvalue weighted by Gasteiger charge is 2.21. The molecule has 1 aromatic rings. The molecule has 0 saturated carbocycles. The molecule has 1 aromatic carbocycles. The van der Waals surface area contributed by atoms with E-state index in [9.17, 15) is 9.36 Å². The smallest absolute Gasteiger partial charge is 0.313 e. The van der Waals surface area contributed by atoms with Crippen LogP contribution in [0.25, 0.3) is 0 Å². The Hall–Kier alpha value is -1.32. The molecule has 5 nitrogen and oxygen atoms in total. The Bertz CT molecular complexity index is 475. The highest BCUT2D eigenvalue weighted by atomic mass is 31.2. The summed E-state index contributed by atoms with van der Waals surface area (Å²) < 4.78 is 22.8. The number of carbonyl (C=O) groups excluding carboxylic acids is 1. The first-order valence-corrected chi connectivity index (χ1v) is 8.64. The van der Waals surface area contributed by atoms with E-state index in [-0.39, 0.29) is 24.5 Å². The lowest BCUT2D eigenvalue weighted by molar-refractivity contribution is -0.147. The Kier molecular flexibility index (Phi) is 6.24. The van der Waals surface area contributed by atoms with Crippen LogP contribution in [-0.2, 0) is 14.1 Å². The molecular weight excluding hydrogens is 277 g/mol. The maximum absolute atomic E-state index is 12.3. The van der Waals surface area contributed by atoms with Crippen LogP contribution in [0.1, 0.15) is 20.8 Å². The van der Waals surface area contributed by atoms with Crippen LogP contribution in [0.15, 0.2) is 30.3 Å². The molecule has 1 rings (SSSR count). The monoisotopic (exact) mass is 299 g/mol. The Morgan fingerprint density at radius 2 is 1.85 bits per heavy atom. The van der Waals surface area contributed by atoms with Crippen LogP contribution >= 0.6 is 7.52 Å². The largest absolute Gasteiger partial charge is 0.464 e. The zero-order valence-electron chi connectivity index (χ0n) is 12.3. The lowest BCUT2D eigenvalue weighted by Gasteiger charge is -2.21. The maximum Gasteiger partial charge on any atom is 0.313 e. The third-order valence-electron chi connectivity index (χ3n) is 2.42. The van der Waals surface area contributed by atoms with Gasteiger partial charge in [-0.2, -0.15) is 0 Å². The molecule has 0 bridgehead atoms. The quantitative estimate of drug-likeness (QED) is 0.619. The summed E-state index contributed by atoms with van der Waals surface area (Å²) in [4.78, 5) is 11.4. The average Bonchev–Trinajstić information content (AvgIpc) is 2.35. The minimum atomic E-state index is -3.00. The second-order valence-corrected chi connectivity index (χ2v) is 7.20. The summed E-state index contributed by atoms with van der Waals surface area (Å²) in [6, 6.07) is 8.70. The first-order chi connectivity index (χ1) is 9.30. The number of nitrogens with one attached hydrogen (secondary N) is 1. The first-order valence-electron chi connectivity index (χ1n) is 6.57. The molecule has 20 heavy (non-hydrogen) atoms. The summed E-state index contributed by atoms with van der Waals surface area (Å²) in [5, 5.41) is 2.86. The summed E-state index contributed by atoms with van der Waals surface area (Å²) in [5.41, 5.74) is 0. The Balaban J connectivity index is 2.45. The number of rotatable bonds is 7. The number of benzene rings is 1. The highest BCUT2D eigenvalue weighted by molar-refractivity contribution is 7.56. The molecule has 0 saturated heterocycles. The van der Waals surface area contributed by atoms with E-state index in [0.29, 0.717) is 5.75 Å². The van der Waals surface area contributed by atoms with E-state index in [1.165, 1.54) is 6.66 Å². The molecule has 0 aliphatic carbocycles. The van der Waals surface area contributed by atoms with Crippen molar-refractivity contribution in [1.82, 2.24) is 5.09 Å². The van der Waals surface area contributed by atoms with Gasteiger partial charge in [-0.05, 0) is 19.1 Å². The van der Waals surface area contributed by atoms with Gasteiger partial charge in [0.2, 0.25) is 0 Å². The normalized spacial score (nSPS) is 15.4. The lowest BCUT2D eigenvalue weighted by atomic mass is 10.2. The van der Waals surface area contributed by atoms with Crippen molar-refractivity contribution in [3.63, 3.8) is 0 Å². The third kappa shape index (κ3) is 6.22. The zero-order valence-corrected chi connectivity index (χ0v) is 13.2. The molecule has 2 atom stereocenters. The van der Waals surface area contributed by atoms with Gasteiger partial charge in [-0.1, -0.05) is 32.0 Å². The number of para-hydroxylation sites is 1. The van der Waals surface area contributed by atoms with E-state index in [2.05, 4.69) is 5.09 Å². The van der Waals surface area contributed by atoms with Gasteiger partial charge in [0.1, 0.15) is 12.4 Å². The van der Waals surface area contributed by atoms with E-state index in [4.69, 9.17) is 9.26 Å². The Morgan fingerprint density at radius 3 is 2.40 bits per heavy atom. The number of ether oxygens (including phenoxy) is 1. The molecule has 0 aliphatic rings. The van der Waals surface area contributed by atoms with Crippen molar-refractivity contribution in [3.8, 4) is 5.75 Å². The predicted octanol–water partition coefficient (Wildman–Crippen LogP) is 3.07. The number of hydrogen-bond acceptors (Lipinski definition) is 4. The molecule has 0 radical (unpaired) electrons. The van der Waals surface area contributed by atoms with Crippen LogP contribution in [0.2, 0.25) is 0 Å². The van der Waals surface area contributed by atoms with Gasteiger partial charge in [0.15, 0.2) is 0 Å². The van der Waals surface area contributed by atoms with E-state index in [0.717, 1.165) is 0 Å². The van der Waals surface area contributed by atoms with E-state index in [1.54, 1.807) is 32.9 Å². The van der Waals surface area contributed by atoms with Crippen LogP contribution in [-0.4, -0.2) is 25.3 Å². The molecule has 0 unspecified atom stereocenters. The number of carbonyl (C=O) groups is 1. The van der Waals surface area contributed by atoms with Gasteiger partial charge in [-0.15, -0.1) is 0 Å². The van der Waals surface area contributed by atoms with Crippen LogP contribution < -0.4 is 9.61 Å². The van der Waals surface area contributed by atoms with Gasteiger partial charge >= 0.3 is 13.5 Å². The van der Waals surface area contributed by atoms with Crippen LogP contribution in [0.5, 0.6) is 5.75 Å². The fourth-order valence-electron chi connectivity index (χ4n) is 1.52. The third-order valence-corrected chi connectivity index (χ3v) is 3.89. The van der Waals surface area contributed by atoms with Crippen molar-refractivity contribution in [2.45, 2.75) is 26.8 Å². The molecule has 0 amide bonds. The predicted molar refractivity (Wildman–Crippen MR) is 79.0 cm³/mol. The second-order valence-electron chi connectivity index (χ2n) is 5.07. The van der Waals surface area contributed by atoms with Crippen LogP contribution in [0.3, 0.4) is 0 Å². The van der Waals surface area contributed by atoms with Crippen LogP contribution in [0.4, 0.5) is 0 Å². The SMILES string of the molecule is CC(C)C(=O)OC[C@H](C)N[P@](C)(=O)Oc1ccccc1. The second kappa shape index (κ2) is 7.46. The molecule has 1 N–H and O–H groups in total. The fourth-order valence-corrected chi connectivity index (χ4v) is 2.97. The summed E-state index contributed by atoms with van der Waals surface area (Å²) in [6.45, 7) is 6.99. The zero-order chi connectivity index (χ0) is 15.2. The van der Waals surface area contributed by atoms with E-state index >= 15 is 0 Å². The van der Waals surface area contributed by atoms with Gasteiger partial charge in [0.05, 0.1) is 5.92 Å². The molecule has 112 valence electrons. The van der Waals surface area contributed by atoms with Crippen molar-refractivity contribution in [2.75, 3.05) is 13.3 Å². The van der Waals surface area contributed by atoms with Crippen molar-refractivity contribution in [1.29, 1.82) is 0 Å². The van der Waals surface area contributed by atoms with Crippen molar-refractivity contribution < 1.29 is 18.6 Å². The van der Waals surface area contributed by atoms with Crippen LogP contribution in [0, 0.1) is 5.92 Å². The molecule has 0 fully saturated rings. The molecular formula is C14H22NO4P. The summed E-state index contributed by atoms with van der Waals surface area (Å²) in [7, 11) is -3.00. The highest BCUT2D eigenvalue weighted by Crippen LogP contribution is 2.39. The average molecular weight is 299 g/mol. The Labute approximate surface area is 120 Å². The molecule has 0 heterocycles. The molecule has 0 aromatic heterocycles. The minimum Gasteiger partial charge on any atom is -0.464 e. The van der Waals surface area contributed by atoms with Crippen molar-refractivity contribution >= 4 is 13.5 Å². The van der Waals surface area contributed by atoms with Crippen molar-refractivity contribution in [2.24, 2.45) is 5.92 Å². The van der Waals surface area contributed by atoms with E-state index in [1.807, 2.05) is 18.2 Å². The van der Waals surface area contributed by atoms with Gasteiger partial charge in [0, 0.05) is 12.7 Å². The number of hydrogen-bond donors (Lipinski definition) is 1. The molecule has 6 heteroatoms. The summed E-state index contributed by atoms with van der Waals surface area (Å²) in [6.07, 6.45) is 0. The summed E-state index contributed by atoms with van der Waals surface area (Å²) in [5.74, 6) is 0.0990. The Morgan fingerprint density at radius 1 is 1.25 bits per heavy atom. The summed E-state index contributed by atoms with van der Waals surface area (Å²) >= 11 is 0.